The van der Waals surface area contributed by atoms with Gasteiger partial charge in [-0.2, -0.15) is 4.31 Å². The number of hydrogen-bond acceptors (Lipinski definition) is 3. The lowest BCUT2D eigenvalue weighted by molar-refractivity contribution is 0.431. The molecule has 2 heterocycles. The first-order valence-corrected chi connectivity index (χ1v) is 10.5. The van der Waals surface area contributed by atoms with Crippen LogP contribution in [-0.4, -0.2) is 17.7 Å². The van der Waals surface area contributed by atoms with Gasteiger partial charge >= 0.3 is 0 Å². The zero-order chi connectivity index (χ0) is 20.1. The molecule has 0 saturated carbocycles. The van der Waals surface area contributed by atoms with Crippen molar-refractivity contribution in [2.75, 3.05) is 0 Å². The number of halogens is 1. The van der Waals surface area contributed by atoms with Crippen molar-refractivity contribution in [1.29, 1.82) is 0 Å². The van der Waals surface area contributed by atoms with E-state index < -0.39 is 10.0 Å². The van der Waals surface area contributed by atoms with Gasteiger partial charge < -0.3 is 0 Å². The Morgan fingerprint density at radius 3 is 2.32 bits per heavy atom. The molecule has 1 aliphatic heterocycles. The first-order chi connectivity index (χ1) is 13.3. The fourth-order valence-corrected chi connectivity index (χ4v) is 5.06. The van der Waals surface area contributed by atoms with E-state index in [2.05, 4.69) is 4.98 Å². The van der Waals surface area contributed by atoms with Gasteiger partial charge in [-0.3, -0.25) is 4.98 Å². The number of sulfonamides is 1. The molecule has 0 fully saturated rings. The summed E-state index contributed by atoms with van der Waals surface area (Å²) in [5.41, 5.74) is 5.98. The van der Waals surface area contributed by atoms with Gasteiger partial charge in [0.25, 0.3) is 0 Å². The Hall–Kier alpha value is -2.57. The highest BCUT2D eigenvalue weighted by Crippen LogP contribution is 2.36. The maximum atomic E-state index is 13.7. The average molecular weight is 396 g/mol. The van der Waals surface area contributed by atoms with Crippen LogP contribution >= 0.6 is 0 Å². The fraction of sp³-hybridized carbons (Fsp3) is 0.227. The Kier molecular flexibility index (Phi) is 4.56. The summed E-state index contributed by atoms with van der Waals surface area (Å²) in [5.74, 6) is -0.319. The van der Waals surface area contributed by atoms with Crippen LogP contribution in [-0.2, 0) is 23.1 Å². The highest BCUT2D eigenvalue weighted by atomic mass is 32.2. The number of pyridine rings is 1. The predicted molar refractivity (Wildman–Crippen MR) is 107 cm³/mol. The topological polar surface area (TPSA) is 50.3 Å². The molecule has 0 aliphatic carbocycles. The van der Waals surface area contributed by atoms with Crippen molar-refractivity contribution < 1.29 is 12.8 Å². The van der Waals surface area contributed by atoms with Gasteiger partial charge in [-0.15, -0.1) is 0 Å². The minimum Gasteiger partial charge on any atom is -0.252 e. The van der Waals surface area contributed by atoms with Crippen LogP contribution in [0.25, 0.3) is 11.3 Å². The number of aromatic nitrogens is 1. The monoisotopic (exact) mass is 396 g/mol. The first kappa shape index (κ1) is 18.8. The van der Waals surface area contributed by atoms with E-state index >= 15 is 0 Å². The van der Waals surface area contributed by atoms with Crippen LogP contribution in [0.5, 0.6) is 0 Å². The summed E-state index contributed by atoms with van der Waals surface area (Å²) in [5, 5.41) is 0. The van der Waals surface area contributed by atoms with Gasteiger partial charge in [-0.1, -0.05) is 29.8 Å². The quantitative estimate of drug-likeness (QED) is 0.654. The second kappa shape index (κ2) is 6.79. The van der Waals surface area contributed by atoms with E-state index in [4.69, 9.17) is 0 Å². The first-order valence-electron chi connectivity index (χ1n) is 9.09. The fourth-order valence-electron chi connectivity index (χ4n) is 3.69. The zero-order valence-electron chi connectivity index (χ0n) is 16.0. The Morgan fingerprint density at radius 2 is 1.64 bits per heavy atom. The molecule has 144 valence electrons. The number of aryl methyl sites for hydroxylation is 2. The molecule has 0 unspecified atom stereocenters. The molecule has 0 atom stereocenters. The Balaban J connectivity index is 1.75. The summed E-state index contributed by atoms with van der Waals surface area (Å²) in [6, 6.07) is 13.2. The highest BCUT2D eigenvalue weighted by molar-refractivity contribution is 7.89. The number of rotatable bonds is 3. The van der Waals surface area contributed by atoms with Crippen molar-refractivity contribution in [3.63, 3.8) is 0 Å². The number of fused-ring (bicyclic) bond motifs is 1. The third-order valence-electron chi connectivity index (χ3n) is 5.31. The Labute approximate surface area is 164 Å². The average Bonchev–Trinajstić information content (AvgIpc) is 3.12. The minimum atomic E-state index is -3.60. The third kappa shape index (κ3) is 3.12. The number of hydrogen-bond donors (Lipinski definition) is 0. The summed E-state index contributed by atoms with van der Waals surface area (Å²) in [7, 11) is -3.60. The SMILES string of the molecule is Cc1ccc(S(=O)(=O)N2Cc3c(C)nc(-c4cccc(F)c4)c(C)c3C2)cc1. The second-order valence-electron chi connectivity index (χ2n) is 7.22. The van der Waals surface area contributed by atoms with Gasteiger partial charge in [0.1, 0.15) is 5.82 Å². The molecule has 0 spiro atoms. The molecule has 1 aromatic heterocycles. The van der Waals surface area contributed by atoms with Gasteiger partial charge in [-0.25, -0.2) is 12.8 Å². The smallest absolute Gasteiger partial charge is 0.243 e. The molecular weight excluding hydrogens is 375 g/mol. The second-order valence-corrected chi connectivity index (χ2v) is 9.16. The van der Waals surface area contributed by atoms with Crippen molar-refractivity contribution in [2.45, 2.75) is 38.8 Å². The van der Waals surface area contributed by atoms with Crippen molar-refractivity contribution in [1.82, 2.24) is 9.29 Å². The lowest BCUT2D eigenvalue weighted by Gasteiger charge is -2.16. The van der Waals surface area contributed by atoms with Gasteiger partial charge in [0.05, 0.1) is 10.6 Å². The van der Waals surface area contributed by atoms with Crippen molar-refractivity contribution in [2.24, 2.45) is 0 Å². The molecule has 1 aliphatic rings. The maximum Gasteiger partial charge on any atom is 0.243 e. The molecular formula is C22H21FN2O2S. The summed E-state index contributed by atoms with van der Waals surface area (Å²) < 4.78 is 41.3. The third-order valence-corrected chi connectivity index (χ3v) is 7.12. The van der Waals surface area contributed by atoms with E-state index in [1.165, 1.54) is 16.4 Å². The number of nitrogens with zero attached hydrogens (tertiary/aromatic N) is 2. The van der Waals surface area contributed by atoms with Crippen LogP contribution in [0.1, 0.15) is 27.9 Å². The van der Waals surface area contributed by atoms with Crippen molar-refractivity contribution >= 4 is 10.0 Å². The number of benzene rings is 2. The molecule has 2 aromatic carbocycles. The Bertz CT molecular complexity index is 1170. The van der Waals surface area contributed by atoms with E-state index in [1.54, 1.807) is 30.3 Å². The van der Waals surface area contributed by atoms with E-state index in [0.717, 1.165) is 27.9 Å². The molecule has 3 aromatic rings. The summed E-state index contributed by atoms with van der Waals surface area (Å²) in [6.45, 7) is 6.32. The van der Waals surface area contributed by atoms with E-state index in [1.807, 2.05) is 26.8 Å². The van der Waals surface area contributed by atoms with E-state index in [9.17, 15) is 12.8 Å². The molecule has 4 rings (SSSR count). The van der Waals surface area contributed by atoms with Crippen LogP contribution < -0.4 is 0 Å². The van der Waals surface area contributed by atoms with Crippen LogP contribution in [0.15, 0.2) is 53.4 Å². The molecule has 0 amide bonds. The van der Waals surface area contributed by atoms with Gasteiger partial charge in [0.15, 0.2) is 0 Å². The largest absolute Gasteiger partial charge is 0.252 e. The normalized spacial score (nSPS) is 14.3. The lowest BCUT2D eigenvalue weighted by Crippen LogP contribution is -2.25. The van der Waals surface area contributed by atoms with Gasteiger partial charge in [-0.05, 0) is 61.7 Å². The predicted octanol–water partition coefficient (Wildman–Crippen LogP) is 4.52. The van der Waals surface area contributed by atoms with Crippen LogP contribution in [0.3, 0.4) is 0 Å². The van der Waals surface area contributed by atoms with E-state index in [0.29, 0.717) is 29.2 Å². The summed E-state index contributed by atoms with van der Waals surface area (Å²) in [4.78, 5) is 4.96. The molecule has 0 radical (unpaired) electrons. The maximum absolute atomic E-state index is 13.7. The molecule has 0 bridgehead atoms. The molecule has 6 heteroatoms. The van der Waals surface area contributed by atoms with Crippen LogP contribution in [0.2, 0.25) is 0 Å². The van der Waals surface area contributed by atoms with Crippen molar-refractivity contribution in [3.05, 3.63) is 82.3 Å². The lowest BCUT2D eigenvalue weighted by atomic mass is 9.98. The standard InChI is InChI=1S/C22H21FN2O2S/c1-14-7-9-19(10-8-14)28(26,27)25-12-20-15(2)22(24-16(3)21(20)13-25)17-5-4-6-18(23)11-17/h4-11H,12-13H2,1-3H3. The van der Waals surface area contributed by atoms with Crippen LogP contribution in [0.4, 0.5) is 4.39 Å². The molecule has 4 nitrogen and oxygen atoms in total. The van der Waals surface area contributed by atoms with Crippen LogP contribution in [0, 0.1) is 26.6 Å². The summed E-state index contributed by atoms with van der Waals surface area (Å²) >= 11 is 0. The summed E-state index contributed by atoms with van der Waals surface area (Å²) in [6.07, 6.45) is 0. The zero-order valence-corrected chi connectivity index (χ0v) is 16.8. The van der Waals surface area contributed by atoms with Gasteiger partial charge in [0.2, 0.25) is 10.0 Å². The van der Waals surface area contributed by atoms with Crippen molar-refractivity contribution in [3.8, 4) is 11.3 Å². The highest BCUT2D eigenvalue weighted by Gasteiger charge is 2.33. The molecule has 0 N–H and O–H groups in total. The Morgan fingerprint density at radius 1 is 0.964 bits per heavy atom. The van der Waals surface area contributed by atoms with Gasteiger partial charge in [0, 0.05) is 24.3 Å². The van der Waals surface area contributed by atoms with E-state index in [-0.39, 0.29) is 5.82 Å². The molecule has 28 heavy (non-hydrogen) atoms. The molecule has 0 saturated heterocycles. The minimum absolute atomic E-state index is 0.291.